The third-order valence-electron chi connectivity index (χ3n) is 5.99. The van der Waals surface area contributed by atoms with Crippen molar-refractivity contribution >= 4 is 17.4 Å². The lowest BCUT2D eigenvalue weighted by Gasteiger charge is -2.27. The van der Waals surface area contributed by atoms with Gasteiger partial charge >= 0.3 is 0 Å². The van der Waals surface area contributed by atoms with Crippen LogP contribution in [0.4, 0.5) is 11.6 Å². The average molecular weight is 445 g/mol. The Hall–Kier alpha value is -3.32. The average Bonchev–Trinajstić information content (AvgIpc) is 3.30. The topological polar surface area (TPSA) is 84.7 Å². The van der Waals surface area contributed by atoms with Gasteiger partial charge < -0.3 is 10.6 Å². The lowest BCUT2D eigenvalue weighted by Crippen LogP contribution is -2.35. The van der Waals surface area contributed by atoms with Crippen LogP contribution in [0.2, 0.25) is 0 Å². The highest BCUT2D eigenvalue weighted by Gasteiger charge is 2.27. The molecule has 0 amide bonds. The van der Waals surface area contributed by atoms with Crippen LogP contribution in [0.1, 0.15) is 62.9 Å². The normalized spacial score (nSPS) is 16.1. The van der Waals surface area contributed by atoms with Gasteiger partial charge in [0.05, 0.1) is 17.9 Å². The van der Waals surface area contributed by atoms with Crippen molar-refractivity contribution < 1.29 is 4.79 Å². The number of ketones is 1. The number of allylic oxidation sites excluding steroid dienone is 1. The largest absolute Gasteiger partial charge is 0.324 e. The molecular weight excluding hydrogens is 412 g/mol. The van der Waals surface area contributed by atoms with E-state index in [1.165, 1.54) is 5.56 Å². The van der Waals surface area contributed by atoms with Gasteiger partial charge in [-0.1, -0.05) is 19.1 Å². The summed E-state index contributed by atoms with van der Waals surface area (Å²) < 4.78 is 1.92. The Morgan fingerprint density at radius 3 is 2.88 bits per heavy atom. The highest BCUT2D eigenvalue weighted by Crippen LogP contribution is 2.30. The predicted octanol–water partition coefficient (Wildman–Crippen LogP) is 5.09. The molecule has 7 heteroatoms. The molecule has 1 unspecified atom stereocenters. The first-order chi connectivity index (χ1) is 15.9. The maximum absolute atomic E-state index is 13.0. The van der Waals surface area contributed by atoms with Crippen LogP contribution >= 0.6 is 0 Å². The molecule has 3 heterocycles. The fraction of sp³-hybridized carbons (Fsp3) is 0.385. The van der Waals surface area contributed by atoms with Gasteiger partial charge in [-0.15, -0.1) is 0 Å². The van der Waals surface area contributed by atoms with Crippen LogP contribution in [0.15, 0.2) is 48.4 Å². The molecule has 172 valence electrons. The molecular formula is C26H32N6O. The van der Waals surface area contributed by atoms with Crippen LogP contribution in [0, 0.1) is 6.92 Å². The summed E-state index contributed by atoms with van der Waals surface area (Å²) in [6, 6.07) is 6.13. The second-order valence-corrected chi connectivity index (χ2v) is 8.86. The number of rotatable bonds is 7. The SMILES string of the molecule is CCC=C(C)C(=O)C1NCCc2ccc(Nc3ncc(C)c(-c4cnn(C(C)C)c4)n3)cc21. The highest BCUT2D eigenvalue weighted by molar-refractivity contribution is 6.00. The monoisotopic (exact) mass is 444 g/mol. The number of nitrogens with zero attached hydrogens (tertiary/aromatic N) is 4. The molecule has 33 heavy (non-hydrogen) atoms. The number of nitrogens with one attached hydrogen (secondary N) is 2. The molecule has 1 aliphatic rings. The van der Waals surface area contributed by atoms with Crippen LogP contribution in [0.5, 0.6) is 0 Å². The molecule has 0 aliphatic carbocycles. The van der Waals surface area contributed by atoms with E-state index in [2.05, 4.69) is 40.6 Å². The van der Waals surface area contributed by atoms with Gasteiger partial charge in [-0.25, -0.2) is 9.97 Å². The Kier molecular flexibility index (Phi) is 6.70. The van der Waals surface area contributed by atoms with Gasteiger partial charge in [0.15, 0.2) is 5.78 Å². The maximum atomic E-state index is 13.0. The summed E-state index contributed by atoms with van der Waals surface area (Å²) in [5.74, 6) is 0.646. The van der Waals surface area contributed by atoms with Crippen molar-refractivity contribution in [2.24, 2.45) is 0 Å². The summed E-state index contributed by atoms with van der Waals surface area (Å²) in [4.78, 5) is 22.3. The van der Waals surface area contributed by atoms with E-state index in [1.54, 1.807) is 0 Å². The molecule has 7 nitrogen and oxygen atoms in total. The van der Waals surface area contributed by atoms with E-state index in [0.29, 0.717) is 5.95 Å². The van der Waals surface area contributed by atoms with Crippen LogP contribution in [-0.4, -0.2) is 32.1 Å². The Morgan fingerprint density at radius 2 is 2.15 bits per heavy atom. The molecule has 2 N–H and O–H groups in total. The summed E-state index contributed by atoms with van der Waals surface area (Å²) in [5.41, 5.74) is 6.69. The number of aromatic nitrogens is 4. The number of carbonyl (C=O) groups is 1. The van der Waals surface area contributed by atoms with E-state index in [9.17, 15) is 4.79 Å². The summed E-state index contributed by atoms with van der Waals surface area (Å²) >= 11 is 0. The molecule has 1 aliphatic heterocycles. The van der Waals surface area contributed by atoms with Gasteiger partial charge in [0, 0.05) is 36.2 Å². The lowest BCUT2D eigenvalue weighted by atomic mass is 9.89. The van der Waals surface area contributed by atoms with Crippen molar-refractivity contribution in [3.05, 3.63) is 65.1 Å². The van der Waals surface area contributed by atoms with Gasteiger partial charge in [0.25, 0.3) is 0 Å². The minimum absolute atomic E-state index is 0.131. The van der Waals surface area contributed by atoms with E-state index >= 15 is 0 Å². The molecule has 0 saturated heterocycles. The van der Waals surface area contributed by atoms with Gasteiger partial charge in [-0.05, 0) is 74.9 Å². The maximum Gasteiger partial charge on any atom is 0.227 e. The van der Waals surface area contributed by atoms with Crippen molar-refractivity contribution in [2.75, 3.05) is 11.9 Å². The van der Waals surface area contributed by atoms with Crippen molar-refractivity contribution in [3.8, 4) is 11.3 Å². The zero-order valence-electron chi connectivity index (χ0n) is 20.0. The van der Waals surface area contributed by atoms with E-state index in [1.807, 2.05) is 62.3 Å². The zero-order chi connectivity index (χ0) is 23.5. The summed E-state index contributed by atoms with van der Waals surface area (Å²) in [5, 5.41) is 11.2. The number of Topliss-reactive ketones (excluding diaryl/α,β-unsaturated/α-hetero) is 1. The molecule has 0 fully saturated rings. The minimum atomic E-state index is -0.324. The Labute approximate surface area is 195 Å². The van der Waals surface area contributed by atoms with E-state index in [0.717, 1.165) is 53.0 Å². The fourth-order valence-electron chi connectivity index (χ4n) is 4.16. The Bertz CT molecular complexity index is 1190. The molecule has 2 aromatic heterocycles. The molecule has 0 saturated carbocycles. The van der Waals surface area contributed by atoms with Gasteiger partial charge in [0.2, 0.25) is 5.95 Å². The molecule has 1 aromatic carbocycles. The molecule has 0 spiro atoms. The zero-order valence-corrected chi connectivity index (χ0v) is 20.0. The number of hydrogen-bond acceptors (Lipinski definition) is 6. The van der Waals surface area contributed by atoms with Crippen molar-refractivity contribution in [3.63, 3.8) is 0 Å². The molecule has 3 aromatic rings. The summed E-state index contributed by atoms with van der Waals surface area (Å²) in [7, 11) is 0. The molecule has 0 radical (unpaired) electrons. The van der Waals surface area contributed by atoms with Crippen molar-refractivity contribution in [1.82, 2.24) is 25.1 Å². The standard InChI is InChI=1S/C26H32N6O/c1-6-7-17(4)25(33)24-22-12-21(9-8-19(22)10-11-27-24)30-26-28-13-18(5)23(31-26)20-14-29-32(15-20)16(2)3/h7-9,12-16,24,27H,6,10-11H2,1-5H3,(H,28,30,31). The van der Waals surface area contributed by atoms with Crippen molar-refractivity contribution in [1.29, 1.82) is 0 Å². The molecule has 0 bridgehead atoms. The number of fused-ring (bicyclic) bond motifs is 1. The second-order valence-electron chi connectivity index (χ2n) is 8.86. The smallest absolute Gasteiger partial charge is 0.227 e. The quantitative estimate of drug-likeness (QED) is 0.494. The number of benzene rings is 1. The number of hydrogen-bond donors (Lipinski definition) is 2. The Balaban J connectivity index is 1.62. The Morgan fingerprint density at radius 1 is 1.33 bits per heavy atom. The van der Waals surface area contributed by atoms with E-state index in [4.69, 9.17) is 4.98 Å². The first kappa shape index (κ1) is 22.9. The van der Waals surface area contributed by atoms with Gasteiger partial charge in [-0.2, -0.15) is 5.10 Å². The predicted molar refractivity (Wildman–Crippen MR) is 132 cm³/mol. The minimum Gasteiger partial charge on any atom is -0.324 e. The number of carbonyl (C=O) groups excluding carboxylic acids is 1. The van der Waals surface area contributed by atoms with Crippen LogP contribution in [0.25, 0.3) is 11.3 Å². The van der Waals surface area contributed by atoms with Crippen LogP contribution in [-0.2, 0) is 11.2 Å². The number of anilines is 2. The van der Waals surface area contributed by atoms with Crippen LogP contribution in [0.3, 0.4) is 0 Å². The summed E-state index contributed by atoms with van der Waals surface area (Å²) in [6.45, 7) is 10.9. The summed E-state index contributed by atoms with van der Waals surface area (Å²) in [6.07, 6.45) is 9.41. The third kappa shape index (κ3) is 4.88. The van der Waals surface area contributed by atoms with Crippen LogP contribution < -0.4 is 10.6 Å². The van der Waals surface area contributed by atoms with E-state index in [-0.39, 0.29) is 17.9 Å². The molecule has 1 atom stereocenters. The third-order valence-corrected chi connectivity index (χ3v) is 5.99. The first-order valence-corrected chi connectivity index (χ1v) is 11.6. The second kappa shape index (κ2) is 9.67. The molecule has 4 rings (SSSR count). The van der Waals surface area contributed by atoms with Gasteiger partial charge in [0.1, 0.15) is 0 Å². The van der Waals surface area contributed by atoms with Gasteiger partial charge in [-0.3, -0.25) is 9.48 Å². The lowest BCUT2D eigenvalue weighted by molar-refractivity contribution is -0.117. The number of aryl methyl sites for hydroxylation is 1. The highest BCUT2D eigenvalue weighted by atomic mass is 16.1. The van der Waals surface area contributed by atoms with E-state index < -0.39 is 0 Å². The first-order valence-electron chi connectivity index (χ1n) is 11.6. The fourth-order valence-corrected chi connectivity index (χ4v) is 4.16. The van der Waals surface area contributed by atoms with Crippen molar-refractivity contribution in [2.45, 2.75) is 59.5 Å².